The Hall–Kier alpha value is -0.670. The lowest BCUT2D eigenvalue weighted by atomic mass is 10.1. The summed E-state index contributed by atoms with van der Waals surface area (Å²) in [5.41, 5.74) is 0.586. The molecule has 1 unspecified atom stereocenters. The van der Waals surface area contributed by atoms with E-state index in [1.165, 1.54) is 0 Å². The van der Waals surface area contributed by atoms with Gasteiger partial charge in [-0.15, -0.1) is 0 Å². The highest BCUT2D eigenvalue weighted by Gasteiger charge is 2.25. The number of Topliss-reactive ketones (excluding diaryl/α,β-unsaturated/α-hetero) is 1. The molecule has 0 aromatic rings. The molecule has 1 saturated heterocycles. The lowest BCUT2D eigenvalue weighted by molar-refractivity contribution is -0.132. The Bertz CT molecular complexity index is 213. The van der Waals surface area contributed by atoms with Gasteiger partial charge in [0, 0.05) is 13.1 Å². The average molecular weight is 183 g/mol. The van der Waals surface area contributed by atoms with Gasteiger partial charge in [-0.3, -0.25) is 9.69 Å². The molecule has 0 aliphatic carbocycles. The second-order valence-electron chi connectivity index (χ2n) is 3.40. The monoisotopic (exact) mass is 183 g/mol. The summed E-state index contributed by atoms with van der Waals surface area (Å²) >= 11 is 0. The average Bonchev–Trinajstić information content (AvgIpc) is 2.16. The van der Waals surface area contributed by atoms with Crippen molar-refractivity contribution in [2.75, 3.05) is 26.2 Å². The fourth-order valence-corrected chi connectivity index (χ4v) is 1.42. The van der Waals surface area contributed by atoms with E-state index in [2.05, 4.69) is 18.4 Å². The molecule has 0 aromatic heterocycles. The maximum absolute atomic E-state index is 11.5. The number of hydrogen-bond donors (Lipinski definition) is 0. The SMILES string of the molecule is C=C(C)C(=O)C1CN(CC)CCO1. The molecule has 0 amide bonds. The van der Waals surface area contributed by atoms with Crippen molar-refractivity contribution >= 4 is 5.78 Å². The number of carbonyl (C=O) groups is 1. The molecule has 0 saturated carbocycles. The van der Waals surface area contributed by atoms with Crippen molar-refractivity contribution < 1.29 is 9.53 Å². The number of morpholine rings is 1. The third-order valence-corrected chi connectivity index (χ3v) is 2.31. The van der Waals surface area contributed by atoms with Crippen molar-refractivity contribution in [3.05, 3.63) is 12.2 Å². The number of ketones is 1. The molecule has 0 bridgehead atoms. The van der Waals surface area contributed by atoms with Gasteiger partial charge in [0.15, 0.2) is 5.78 Å². The maximum atomic E-state index is 11.5. The molecular formula is C10H17NO2. The third-order valence-electron chi connectivity index (χ3n) is 2.31. The fourth-order valence-electron chi connectivity index (χ4n) is 1.42. The van der Waals surface area contributed by atoms with E-state index in [0.717, 1.165) is 13.1 Å². The molecular weight excluding hydrogens is 166 g/mol. The molecule has 1 atom stereocenters. The first kappa shape index (κ1) is 10.4. The van der Waals surface area contributed by atoms with Crippen LogP contribution in [0.5, 0.6) is 0 Å². The normalized spacial score (nSPS) is 24.3. The molecule has 3 heteroatoms. The summed E-state index contributed by atoms with van der Waals surface area (Å²) in [5.74, 6) is 0.0400. The van der Waals surface area contributed by atoms with Gasteiger partial charge in [-0.2, -0.15) is 0 Å². The van der Waals surface area contributed by atoms with E-state index in [0.29, 0.717) is 18.7 Å². The number of ether oxygens (including phenoxy) is 1. The van der Waals surface area contributed by atoms with E-state index in [1.807, 2.05) is 0 Å². The minimum absolute atomic E-state index is 0.0400. The van der Waals surface area contributed by atoms with Gasteiger partial charge in [-0.05, 0) is 19.0 Å². The number of nitrogens with zero attached hydrogens (tertiary/aromatic N) is 1. The second kappa shape index (κ2) is 4.53. The third kappa shape index (κ3) is 2.64. The predicted molar refractivity (Wildman–Crippen MR) is 51.7 cm³/mol. The summed E-state index contributed by atoms with van der Waals surface area (Å²) < 4.78 is 5.38. The first-order valence-corrected chi connectivity index (χ1v) is 4.68. The topological polar surface area (TPSA) is 29.5 Å². The molecule has 1 heterocycles. The van der Waals surface area contributed by atoms with Crippen LogP contribution >= 0.6 is 0 Å². The molecule has 1 fully saturated rings. The zero-order valence-electron chi connectivity index (χ0n) is 8.38. The van der Waals surface area contributed by atoms with E-state index >= 15 is 0 Å². The van der Waals surface area contributed by atoms with Gasteiger partial charge < -0.3 is 4.74 Å². The first-order valence-electron chi connectivity index (χ1n) is 4.68. The minimum atomic E-state index is -0.286. The zero-order chi connectivity index (χ0) is 9.84. The Kier molecular flexibility index (Phi) is 3.63. The number of likely N-dealkylation sites (N-methyl/N-ethyl adjacent to an activating group) is 1. The zero-order valence-corrected chi connectivity index (χ0v) is 8.38. The number of rotatable bonds is 3. The fraction of sp³-hybridized carbons (Fsp3) is 0.700. The van der Waals surface area contributed by atoms with Gasteiger partial charge in [0.25, 0.3) is 0 Å². The maximum Gasteiger partial charge on any atom is 0.187 e. The largest absolute Gasteiger partial charge is 0.367 e. The Morgan fingerprint density at radius 3 is 2.92 bits per heavy atom. The predicted octanol–water partition coefficient (Wildman–Crippen LogP) is 0.852. The van der Waals surface area contributed by atoms with Crippen LogP contribution in [0.15, 0.2) is 12.2 Å². The Labute approximate surface area is 79.4 Å². The van der Waals surface area contributed by atoms with E-state index in [1.54, 1.807) is 6.92 Å². The lowest BCUT2D eigenvalue weighted by Gasteiger charge is -2.31. The van der Waals surface area contributed by atoms with Gasteiger partial charge in [0.2, 0.25) is 0 Å². The summed E-state index contributed by atoms with van der Waals surface area (Å²) in [7, 11) is 0. The van der Waals surface area contributed by atoms with Crippen LogP contribution < -0.4 is 0 Å². The van der Waals surface area contributed by atoms with Gasteiger partial charge in [0.1, 0.15) is 6.10 Å². The van der Waals surface area contributed by atoms with Crippen LogP contribution in [-0.4, -0.2) is 43.0 Å². The highest BCUT2D eigenvalue weighted by molar-refractivity contribution is 5.97. The molecule has 0 spiro atoms. The molecule has 74 valence electrons. The number of hydrogen-bond acceptors (Lipinski definition) is 3. The van der Waals surface area contributed by atoms with E-state index < -0.39 is 0 Å². The van der Waals surface area contributed by atoms with Gasteiger partial charge in [-0.1, -0.05) is 13.5 Å². The van der Waals surface area contributed by atoms with Crippen LogP contribution in [0.3, 0.4) is 0 Å². The molecule has 13 heavy (non-hydrogen) atoms. The van der Waals surface area contributed by atoms with Crippen molar-refractivity contribution in [1.82, 2.24) is 4.90 Å². The van der Waals surface area contributed by atoms with E-state index in [-0.39, 0.29) is 11.9 Å². The quantitative estimate of drug-likeness (QED) is 0.608. The molecule has 0 N–H and O–H groups in total. The highest BCUT2D eigenvalue weighted by atomic mass is 16.5. The summed E-state index contributed by atoms with van der Waals surface area (Å²) in [6, 6.07) is 0. The molecule has 0 radical (unpaired) electrons. The summed E-state index contributed by atoms with van der Waals surface area (Å²) in [5, 5.41) is 0. The second-order valence-corrected chi connectivity index (χ2v) is 3.40. The van der Waals surface area contributed by atoms with Crippen LogP contribution in [0.2, 0.25) is 0 Å². The van der Waals surface area contributed by atoms with Crippen molar-refractivity contribution in [1.29, 1.82) is 0 Å². The van der Waals surface area contributed by atoms with Crippen molar-refractivity contribution in [3.63, 3.8) is 0 Å². The van der Waals surface area contributed by atoms with Gasteiger partial charge >= 0.3 is 0 Å². The molecule has 1 aliphatic heterocycles. The van der Waals surface area contributed by atoms with Gasteiger partial charge in [0.05, 0.1) is 6.61 Å². The smallest absolute Gasteiger partial charge is 0.187 e. The molecule has 3 nitrogen and oxygen atoms in total. The van der Waals surface area contributed by atoms with Crippen LogP contribution in [-0.2, 0) is 9.53 Å². The van der Waals surface area contributed by atoms with Gasteiger partial charge in [-0.25, -0.2) is 0 Å². The molecule has 1 rings (SSSR count). The standard InChI is InChI=1S/C10H17NO2/c1-4-11-5-6-13-9(7-11)10(12)8(2)3/h9H,2,4-7H2,1,3H3. The van der Waals surface area contributed by atoms with Crippen LogP contribution in [0.25, 0.3) is 0 Å². The van der Waals surface area contributed by atoms with Crippen LogP contribution in [0, 0.1) is 0 Å². The number of carbonyl (C=O) groups excluding carboxylic acids is 1. The van der Waals surface area contributed by atoms with Crippen molar-refractivity contribution in [3.8, 4) is 0 Å². The first-order chi connectivity index (χ1) is 6.15. The lowest BCUT2D eigenvalue weighted by Crippen LogP contribution is -2.46. The molecule has 1 aliphatic rings. The summed E-state index contributed by atoms with van der Waals surface area (Å²) in [4.78, 5) is 13.7. The van der Waals surface area contributed by atoms with Crippen molar-refractivity contribution in [2.24, 2.45) is 0 Å². The Morgan fingerprint density at radius 2 is 2.38 bits per heavy atom. The summed E-state index contributed by atoms with van der Waals surface area (Å²) in [6.07, 6.45) is -0.286. The highest BCUT2D eigenvalue weighted by Crippen LogP contribution is 2.08. The van der Waals surface area contributed by atoms with E-state index in [4.69, 9.17) is 4.74 Å². The molecule has 0 aromatic carbocycles. The Morgan fingerprint density at radius 1 is 1.69 bits per heavy atom. The van der Waals surface area contributed by atoms with E-state index in [9.17, 15) is 4.79 Å². The van der Waals surface area contributed by atoms with Crippen LogP contribution in [0.1, 0.15) is 13.8 Å². The van der Waals surface area contributed by atoms with Crippen molar-refractivity contribution in [2.45, 2.75) is 20.0 Å². The Balaban J connectivity index is 2.51. The minimum Gasteiger partial charge on any atom is -0.367 e. The van der Waals surface area contributed by atoms with Crippen LogP contribution in [0.4, 0.5) is 0 Å². The summed E-state index contributed by atoms with van der Waals surface area (Å²) in [6.45, 7) is 10.7.